The van der Waals surface area contributed by atoms with Crippen LogP contribution in [-0.4, -0.2) is 33.4 Å². The quantitative estimate of drug-likeness (QED) is 0.870. The van der Waals surface area contributed by atoms with Gasteiger partial charge in [-0.3, -0.25) is 5.32 Å². The number of aromatic nitrogens is 4. The van der Waals surface area contributed by atoms with Crippen LogP contribution in [0.5, 0.6) is 0 Å². The highest BCUT2D eigenvalue weighted by molar-refractivity contribution is 7.09. The first-order valence-electron chi connectivity index (χ1n) is 4.71. The highest BCUT2D eigenvalue weighted by atomic mass is 32.1. The standard InChI is InChI=1S/C9H12N6S/c1-6-4-10-8(13-7(6)15(2)3)14-9-11-5-12-16-9/h4-5H,1-3H3,(H,10,11,12,13,14). The molecule has 1 N–H and O–H groups in total. The van der Waals surface area contributed by atoms with E-state index in [4.69, 9.17) is 0 Å². The van der Waals surface area contributed by atoms with Gasteiger partial charge in [-0.1, -0.05) is 0 Å². The molecule has 0 aromatic carbocycles. The fourth-order valence-corrected chi connectivity index (χ4v) is 1.70. The van der Waals surface area contributed by atoms with Gasteiger partial charge < -0.3 is 4.90 Å². The van der Waals surface area contributed by atoms with Crippen molar-refractivity contribution in [2.75, 3.05) is 24.3 Å². The van der Waals surface area contributed by atoms with Crippen LogP contribution in [0.15, 0.2) is 12.5 Å². The molecule has 0 fully saturated rings. The molecule has 0 spiro atoms. The molecule has 0 saturated carbocycles. The van der Waals surface area contributed by atoms with Crippen molar-refractivity contribution in [1.29, 1.82) is 0 Å². The first-order chi connectivity index (χ1) is 7.66. The van der Waals surface area contributed by atoms with Crippen molar-refractivity contribution in [3.63, 3.8) is 0 Å². The Morgan fingerprint density at radius 1 is 1.31 bits per heavy atom. The average molecular weight is 236 g/mol. The Morgan fingerprint density at radius 3 is 2.75 bits per heavy atom. The van der Waals surface area contributed by atoms with Gasteiger partial charge in [-0.25, -0.2) is 9.97 Å². The van der Waals surface area contributed by atoms with E-state index in [-0.39, 0.29) is 0 Å². The largest absolute Gasteiger partial charge is 0.362 e. The van der Waals surface area contributed by atoms with Crippen LogP contribution in [0.4, 0.5) is 16.9 Å². The number of rotatable bonds is 3. The summed E-state index contributed by atoms with van der Waals surface area (Å²) < 4.78 is 3.90. The number of aryl methyl sites for hydroxylation is 1. The highest BCUT2D eigenvalue weighted by Crippen LogP contribution is 2.18. The Hall–Kier alpha value is -1.76. The van der Waals surface area contributed by atoms with E-state index < -0.39 is 0 Å². The van der Waals surface area contributed by atoms with Crippen molar-refractivity contribution in [2.24, 2.45) is 0 Å². The van der Waals surface area contributed by atoms with Gasteiger partial charge in [-0.15, -0.1) is 0 Å². The van der Waals surface area contributed by atoms with E-state index in [1.54, 1.807) is 6.20 Å². The van der Waals surface area contributed by atoms with Gasteiger partial charge in [-0.2, -0.15) is 9.36 Å². The molecule has 7 heteroatoms. The van der Waals surface area contributed by atoms with Gasteiger partial charge in [0.05, 0.1) is 0 Å². The molecule has 2 heterocycles. The van der Waals surface area contributed by atoms with Gasteiger partial charge in [0.25, 0.3) is 0 Å². The number of nitrogens with zero attached hydrogens (tertiary/aromatic N) is 5. The monoisotopic (exact) mass is 236 g/mol. The molecule has 16 heavy (non-hydrogen) atoms. The molecule has 0 aliphatic rings. The minimum atomic E-state index is 0.533. The Balaban J connectivity index is 2.26. The van der Waals surface area contributed by atoms with E-state index >= 15 is 0 Å². The second kappa shape index (κ2) is 4.40. The zero-order valence-electron chi connectivity index (χ0n) is 9.30. The molecule has 2 aromatic heterocycles. The molecule has 0 radical (unpaired) electrons. The van der Waals surface area contributed by atoms with E-state index in [1.807, 2.05) is 25.9 Å². The molecule has 0 amide bonds. The Bertz CT molecular complexity index is 467. The molecule has 2 aromatic rings. The lowest BCUT2D eigenvalue weighted by Crippen LogP contribution is -2.13. The summed E-state index contributed by atoms with van der Waals surface area (Å²) in [5, 5.41) is 3.69. The molecule has 0 aliphatic carbocycles. The summed E-state index contributed by atoms with van der Waals surface area (Å²) >= 11 is 1.27. The normalized spacial score (nSPS) is 10.2. The maximum Gasteiger partial charge on any atom is 0.230 e. The predicted molar refractivity (Wildman–Crippen MR) is 64.3 cm³/mol. The number of nitrogens with one attached hydrogen (secondary N) is 1. The van der Waals surface area contributed by atoms with Crippen LogP contribution in [0.1, 0.15) is 5.56 Å². The second-order valence-corrected chi connectivity index (χ2v) is 4.25. The Kier molecular flexibility index (Phi) is 2.95. The highest BCUT2D eigenvalue weighted by Gasteiger charge is 2.06. The van der Waals surface area contributed by atoms with Crippen molar-refractivity contribution in [3.05, 3.63) is 18.1 Å². The van der Waals surface area contributed by atoms with E-state index in [0.717, 1.165) is 11.4 Å². The molecule has 6 nitrogen and oxygen atoms in total. The lowest BCUT2D eigenvalue weighted by molar-refractivity contribution is 1.02. The topological polar surface area (TPSA) is 66.8 Å². The first-order valence-corrected chi connectivity index (χ1v) is 5.49. The minimum absolute atomic E-state index is 0.533. The van der Waals surface area contributed by atoms with Crippen LogP contribution in [0.2, 0.25) is 0 Å². The van der Waals surface area contributed by atoms with Crippen LogP contribution in [0, 0.1) is 6.92 Å². The van der Waals surface area contributed by atoms with Crippen molar-refractivity contribution < 1.29 is 0 Å². The van der Waals surface area contributed by atoms with Crippen LogP contribution in [0.25, 0.3) is 0 Å². The van der Waals surface area contributed by atoms with Gasteiger partial charge in [0, 0.05) is 37.4 Å². The van der Waals surface area contributed by atoms with E-state index in [0.29, 0.717) is 11.1 Å². The zero-order valence-corrected chi connectivity index (χ0v) is 10.1. The zero-order chi connectivity index (χ0) is 11.5. The molecule has 0 atom stereocenters. The fourth-order valence-electron chi connectivity index (χ4n) is 1.27. The van der Waals surface area contributed by atoms with Crippen LogP contribution < -0.4 is 10.2 Å². The third-order valence-electron chi connectivity index (χ3n) is 1.95. The maximum absolute atomic E-state index is 4.39. The number of hydrogen-bond donors (Lipinski definition) is 1. The molecule has 84 valence electrons. The van der Waals surface area contributed by atoms with E-state index in [9.17, 15) is 0 Å². The fraction of sp³-hybridized carbons (Fsp3) is 0.333. The van der Waals surface area contributed by atoms with Crippen LogP contribution in [0.3, 0.4) is 0 Å². The molecular weight excluding hydrogens is 224 g/mol. The first kappa shape index (κ1) is 10.7. The van der Waals surface area contributed by atoms with Gasteiger partial charge >= 0.3 is 0 Å². The molecule has 2 rings (SSSR count). The number of anilines is 3. The summed E-state index contributed by atoms with van der Waals surface area (Å²) in [6.07, 6.45) is 3.28. The minimum Gasteiger partial charge on any atom is -0.362 e. The van der Waals surface area contributed by atoms with Crippen molar-refractivity contribution in [1.82, 2.24) is 19.3 Å². The molecule has 0 aliphatic heterocycles. The Morgan fingerprint density at radius 2 is 2.12 bits per heavy atom. The van der Waals surface area contributed by atoms with Crippen LogP contribution in [-0.2, 0) is 0 Å². The van der Waals surface area contributed by atoms with Crippen LogP contribution >= 0.6 is 11.5 Å². The third-order valence-corrected chi connectivity index (χ3v) is 2.53. The summed E-state index contributed by atoms with van der Waals surface area (Å²) in [5.41, 5.74) is 1.04. The third kappa shape index (κ3) is 2.25. The summed E-state index contributed by atoms with van der Waals surface area (Å²) in [6.45, 7) is 1.98. The summed E-state index contributed by atoms with van der Waals surface area (Å²) in [7, 11) is 3.90. The predicted octanol–water partition coefficient (Wildman–Crippen LogP) is 1.45. The molecular formula is C9H12N6S. The number of hydrogen-bond acceptors (Lipinski definition) is 7. The maximum atomic E-state index is 4.39. The summed E-state index contributed by atoms with van der Waals surface area (Å²) in [5.74, 6) is 1.42. The smallest absolute Gasteiger partial charge is 0.230 e. The summed E-state index contributed by atoms with van der Waals surface area (Å²) in [4.78, 5) is 14.5. The van der Waals surface area contributed by atoms with Gasteiger partial charge in [0.15, 0.2) is 0 Å². The van der Waals surface area contributed by atoms with E-state index in [2.05, 4.69) is 24.6 Å². The molecule has 0 bridgehead atoms. The summed E-state index contributed by atoms with van der Waals surface area (Å²) in [6, 6.07) is 0. The van der Waals surface area contributed by atoms with Crippen molar-refractivity contribution in [3.8, 4) is 0 Å². The van der Waals surface area contributed by atoms with Crippen molar-refractivity contribution in [2.45, 2.75) is 6.92 Å². The molecule has 0 saturated heterocycles. The second-order valence-electron chi connectivity index (χ2n) is 3.47. The van der Waals surface area contributed by atoms with Gasteiger partial charge in [-0.05, 0) is 6.92 Å². The SMILES string of the molecule is Cc1cnc(Nc2ncns2)nc1N(C)C. The van der Waals surface area contributed by atoms with Gasteiger partial charge in [0.2, 0.25) is 11.1 Å². The average Bonchev–Trinajstić information content (AvgIpc) is 2.73. The lowest BCUT2D eigenvalue weighted by Gasteiger charge is -2.14. The van der Waals surface area contributed by atoms with Gasteiger partial charge in [0.1, 0.15) is 12.1 Å². The Labute approximate surface area is 97.6 Å². The van der Waals surface area contributed by atoms with Crippen molar-refractivity contribution >= 4 is 28.4 Å². The molecule has 0 unspecified atom stereocenters. The van der Waals surface area contributed by atoms with E-state index in [1.165, 1.54) is 17.9 Å². The lowest BCUT2D eigenvalue weighted by atomic mass is 10.3.